The van der Waals surface area contributed by atoms with E-state index in [0.717, 1.165) is 12.8 Å². The number of hydrogen-bond acceptors (Lipinski definition) is 6. The third kappa shape index (κ3) is 4.70. The molecule has 0 amide bonds. The molecule has 0 aliphatic carbocycles. The van der Waals surface area contributed by atoms with Crippen LogP contribution < -0.4 is 11.2 Å². The molecule has 0 aliphatic rings. The molecule has 1 aromatic carbocycles. The molecular weight excluding hydrogens is 443 g/mol. The van der Waals surface area contributed by atoms with Crippen molar-refractivity contribution in [2.24, 2.45) is 7.05 Å². The summed E-state index contributed by atoms with van der Waals surface area (Å²) < 4.78 is 27.9. The molecule has 0 aliphatic heterocycles. The van der Waals surface area contributed by atoms with Gasteiger partial charge >= 0.3 is 11.7 Å². The van der Waals surface area contributed by atoms with Gasteiger partial charge in [0.1, 0.15) is 29.8 Å². The highest BCUT2D eigenvalue weighted by molar-refractivity contribution is 5.71. The maximum atomic E-state index is 13.9. The summed E-state index contributed by atoms with van der Waals surface area (Å²) in [6.45, 7) is 2.28. The van der Waals surface area contributed by atoms with Crippen molar-refractivity contribution in [3.05, 3.63) is 74.6 Å². The highest BCUT2D eigenvalue weighted by atomic mass is 19.1. The summed E-state index contributed by atoms with van der Waals surface area (Å²) in [6, 6.07) is 9.65. The van der Waals surface area contributed by atoms with Gasteiger partial charge < -0.3 is 13.7 Å². The predicted molar refractivity (Wildman–Crippen MR) is 123 cm³/mol. The maximum absolute atomic E-state index is 13.9. The van der Waals surface area contributed by atoms with E-state index in [1.54, 1.807) is 37.4 Å². The summed E-state index contributed by atoms with van der Waals surface area (Å²) in [6.07, 6.45) is 1.97. The smallest absolute Gasteiger partial charge is 0.330 e. The van der Waals surface area contributed by atoms with E-state index in [2.05, 4.69) is 9.97 Å². The summed E-state index contributed by atoms with van der Waals surface area (Å²) >= 11 is 0. The Kier molecular flexibility index (Phi) is 6.76. The van der Waals surface area contributed by atoms with Gasteiger partial charge in [0.15, 0.2) is 11.2 Å². The zero-order valence-electron chi connectivity index (χ0n) is 19.0. The minimum absolute atomic E-state index is 0.0515. The lowest BCUT2D eigenvalue weighted by atomic mass is 10.1. The van der Waals surface area contributed by atoms with Crippen molar-refractivity contribution < 1.29 is 18.3 Å². The number of unbranched alkanes of at least 4 members (excludes halogenated alkanes) is 1. The fraction of sp³-hybridized carbons (Fsp3) is 0.333. The van der Waals surface area contributed by atoms with Crippen molar-refractivity contribution in [1.82, 2.24) is 19.1 Å². The van der Waals surface area contributed by atoms with Crippen molar-refractivity contribution in [2.45, 2.75) is 45.8 Å². The lowest BCUT2D eigenvalue weighted by Crippen LogP contribution is -2.31. The number of H-pyrrole nitrogens is 1. The number of hydrogen-bond donors (Lipinski definition) is 1. The van der Waals surface area contributed by atoms with Gasteiger partial charge in [0.05, 0.1) is 12.0 Å². The van der Waals surface area contributed by atoms with Gasteiger partial charge in [-0.05, 0) is 30.7 Å². The number of benzene rings is 1. The van der Waals surface area contributed by atoms with E-state index >= 15 is 0 Å². The number of esters is 1. The molecule has 10 heteroatoms. The molecule has 0 bridgehead atoms. The van der Waals surface area contributed by atoms with Crippen molar-refractivity contribution in [3.63, 3.8) is 0 Å². The molecule has 3 aromatic heterocycles. The van der Waals surface area contributed by atoms with Gasteiger partial charge in [-0.2, -0.15) is 0 Å². The Morgan fingerprint density at radius 1 is 1.21 bits per heavy atom. The monoisotopic (exact) mass is 468 g/mol. The van der Waals surface area contributed by atoms with Crippen molar-refractivity contribution in [3.8, 4) is 11.3 Å². The molecule has 0 atom stereocenters. The van der Waals surface area contributed by atoms with Crippen molar-refractivity contribution in [2.75, 3.05) is 0 Å². The Morgan fingerprint density at radius 2 is 2.00 bits per heavy atom. The van der Waals surface area contributed by atoms with Crippen LogP contribution in [0.2, 0.25) is 0 Å². The predicted octanol–water partition coefficient (Wildman–Crippen LogP) is 3.30. The summed E-state index contributed by atoms with van der Waals surface area (Å²) in [4.78, 5) is 43.5. The van der Waals surface area contributed by atoms with Crippen LogP contribution in [0, 0.1) is 5.82 Å². The average Bonchev–Trinajstić information content (AvgIpc) is 3.41. The Bertz CT molecular complexity index is 1450. The standard InChI is InChI=1S/C24H25FN4O5/c1-3-4-13-29-22-21(23(31)27-24(29)32)28(2)19(26-22)14-33-20(30)12-10-15-9-11-18(34-15)16-7-5-6-8-17(16)25/h5-9,11H,3-4,10,12-14H2,1-2H3,(H,27,31,32). The largest absolute Gasteiger partial charge is 0.461 e. The Labute approximate surface area is 193 Å². The lowest BCUT2D eigenvalue weighted by Gasteiger charge is -2.05. The van der Waals surface area contributed by atoms with Crippen LogP contribution in [-0.4, -0.2) is 25.1 Å². The van der Waals surface area contributed by atoms with E-state index in [1.807, 2.05) is 6.92 Å². The molecular formula is C24H25FN4O5. The molecule has 0 fully saturated rings. The fourth-order valence-electron chi connectivity index (χ4n) is 3.70. The van der Waals surface area contributed by atoms with Crippen LogP contribution in [0.3, 0.4) is 0 Å². The van der Waals surface area contributed by atoms with E-state index < -0.39 is 17.2 Å². The summed E-state index contributed by atoms with van der Waals surface area (Å²) in [5, 5.41) is 0. The van der Waals surface area contributed by atoms with Crippen LogP contribution >= 0.6 is 0 Å². The molecule has 4 rings (SSSR count). The summed E-state index contributed by atoms with van der Waals surface area (Å²) in [7, 11) is 1.63. The first-order valence-electron chi connectivity index (χ1n) is 11.1. The van der Waals surface area contributed by atoms with Crippen LogP contribution in [0.25, 0.3) is 22.5 Å². The maximum Gasteiger partial charge on any atom is 0.330 e. The summed E-state index contributed by atoms with van der Waals surface area (Å²) in [5.74, 6) is 0.409. The van der Waals surface area contributed by atoms with Crippen LogP contribution in [0.1, 0.15) is 37.8 Å². The molecule has 0 spiro atoms. The lowest BCUT2D eigenvalue weighted by molar-refractivity contribution is -0.145. The number of halogens is 1. The van der Waals surface area contributed by atoms with Crippen LogP contribution in [0.4, 0.5) is 4.39 Å². The number of nitrogens with one attached hydrogen (secondary N) is 1. The minimum Gasteiger partial charge on any atom is -0.461 e. The molecule has 3 heterocycles. The van der Waals surface area contributed by atoms with Crippen LogP contribution in [-0.2, 0) is 36.2 Å². The van der Waals surface area contributed by atoms with Crippen LogP contribution in [0.15, 0.2) is 50.4 Å². The van der Waals surface area contributed by atoms with Gasteiger partial charge in [-0.3, -0.25) is 19.1 Å². The number of rotatable bonds is 9. The molecule has 0 saturated heterocycles. The molecule has 0 radical (unpaired) electrons. The Hall–Kier alpha value is -3.95. The fourth-order valence-corrected chi connectivity index (χ4v) is 3.70. The van der Waals surface area contributed by atoms with Crippen LogP contribution in [0.5, 0.6) is 0 Å². The third-order valence-corrected chi connectivity index (χ3v) is 5.58. The number of aromatic amines is 1. The van der Waals surface area contributed by atoms with Gasteiger partial charge in [-0.1, -0.05) is 25.5 Å². The number of fused-ring (bicyclic) bond motifs is 1. The van der Waals surface area contributed by atoms with E-state index in [-0.39, 0.29) is 36.4 Å². The first kappa shape index (κ1) is 23.2. The normalized spacial score (nSPS) is 11.3. The highest BCUT2D eigenvalue weighted by Gasteiger charge is 2.18. The average molecular weight is 468 g/mol. The Balaban J connectivity index is 1.41. The molecule has 1 N–H and O–H groups in total. The number of carbonyl (C=O) groups excluding carboxylic acids is 1. The molecule has 178 valence electrons. The molecule has 4 aromatic rings. The van der Waals surface area contributed by atoms with E-state index in [9.17, 15) is 18.8 Å². The SMILES string of the molecule is CCCCn1c(=O)[nH]c(=O)c2c1nc(COC(=O)CCc1ccc(-c3ccccc3F)o1)n2C. The number of carbonyl (C=O) groups is 1. The molecule has 9 nitrogen and oxygen atoms in total. The summed E-state index contributed by atoms with van der Waals surface area (Å²) in [5.41, 5.74) is -0.180. The third-order valence-electron chi connectivity index (χ3n) is 5.58. The topological polar surface area (TPSA) is 112 Å². The molecule has 0 unspecified atom stereocenters. The second kappa shape index (κ2) is 9.90. The Morgan fingerprint density at radius 3 is 2.76 bits per heavy atom. The van der Waals surface area contributed by atoms with E-state index in [0.29, 0.717) is 29.5 Å². The second-order valence-electron chi connectivity index (χ2n) is 7.93. The number of aromatic nitrogens is 4. The van der Waals surface area contributed by atoms with E-state index in [4.69, 9.17) is 9.15 Å². The molecule has 34 heavy (non-hydrogen) atoms. The zero-order chi connectivity index (χ0) is 24.2. The van der Waals surface area contributed by atoms with Gasteiger partial charge in [0, 0.05) is 20.0 Å². The number of aryl methyl sites for hydroxylation is 3. The van der Waals surface area contributed by atoms with Crippen molar-refractivity contribution in [1.29, 1.82) is 0 Å². The highest BCUT2D eigenvalue weighted by Crippen LogP contribution is 2.25. The number of ether oxygens (including phenoxy) is 1. The first-order chi connectivity index (χ1) is 16.4. The quantitative estimate of drug-likeness (QED) is 0.377. The van der Waals surface area contributed by atoms with Crippen molar-refractivity contribution >= 4 is 17.1 Å². The van der Waals surface area contributed by atoms with Gasteiger partial charge in [0.2, 0.25) is 0 Å². The minimum atomic E-state index is -0.538. The number of nitrogens with zero attached hydrogens (tertiary/aromatic N) is 3. The second-order valence-corrected chi connectivity index (χ2v) is 7.93. The van der Waals surface area contributed by atoms with Gasteiger partial charge in [-0.15, -0.1) is 0 Å². The molecule has 0 saturated carbocycles. The first-order valence-corrected chi connectivity index (χ1v) is 11.1. The number of imidazole rings is 1. The van der Waals surface area contributed by atoms with Gasteiger partial charge in [-0.25, -0.2) is 14.2 Å². The van der Waals surface area contributed by atoms with Gasteiger partial charge in [0.25, 0.3) is 5.56 Å². The zero-order valence-corrected chi connectivity index (χ0v) is 19.0. The van der Waals surface area contributed by atoms with E-state index in [1.165, 1.54) is 15.2 Å². The number of furan rings is 1.